The summed E-state index contributed by atoms with van der Waals surface area (Å²) in [6.45, 7) is 12.5. The standard InChI is InChI=1S/C33H50F3N5O3S2/c1-32(2,3)25-10-15-38(16-11-25)18-19-45-30-20-24(8-9-28(30)33(34,35)36)31-27-23-40(46(4,43)44)17-12-29(27)41(37-31)22-26(42)21-39-13-6-5-7-14-39/h8-9,20,25-26,42H,5-7,10-19,21-23H2,1-4H3/t26-/m0/s1. The number of sulfonamides is 1. The lowest BCUT2D eigenvalue weighted by atomic mass is 9.75. The largest absolute Gasteiger partial charge is 0.417 e. The minimum Gasteiger partial charge on any atom is -0.390 e. The van der Waals surface area contributed by atoms with E-state index >= 15 is 0 Å². The molecule has 0 saturated carbocycles. The summed E-state index contributed by atoms with van der Waals surface area (Å²) in [6.07, 6.45) is 2.03. The predicted molar refractivity (Wildman–Crippen MR) is 177 cm³/mol. The van der Waals surface area contributed by atoms with Crippen LogP contribution in [0.25, 0.3) is 11.3 Å². The molecule has 3 aliphatic heterocycles. The maximum atomic E-state index is 14.2. The first kappa shape index (κ1) is 35.7. The van der Waals surface area contributed by atoms with E-state index in [0.717, 1.165) is 63.6 Å². The smallest absolute Gasteiger partial charge is 0.390 e. The van der Waals surface area contributed by atoms with Gasteiger partial charge in [0, 0.05) is 60.1 Å². The molecule has 2 aromatic rings. The maximum absolute atomic E-state index is 14.2. The summed E-state index contributed by atoms with van der Waals surface area (Å²) in [5.74, 6) is 1.18. The Bertz CT molecular complexity index is 1440. The fourth-order valence-electron chi connectivity index (χ4n) is 7.16. The normalized spacial score (nSPS) is 20.6. The quantitative estimate of drug-likeness (QED) is 0.327. The van der Waals surface area contributed by atoms with Crippen LogP contribution in [-0.4, -0.2) is 101 Å². The molecule has 0 aliphatic carbocycles. The lowest BCUT2D eigenvalue weighted by Crippen LogP contribution is -2.39. The number of rotatable bonds is 10. The molecule has 13 heteroatoms. The second kappa shape index (κ2) is 14.5. The highest BCUT2D eigenvalue weighted by Gasteiger charge is 2.35. The Morgan fingerprint density at radius 2 is 1.70 bits per heavy atom. The number of thioether (sulfide) groups is 1. The number of nitrogens with zero attached hydrogens (tertiary/aromatic N) is 5. The zero-order chi connectivity index (χ0) is 33.3. The van der Waals surface area contributed by atoms with E-state index in [0.29, 0.717) is 54.5 Å². The summed E-state index contributed by atoms with van der Waals surface area (Å²) in [7, 11) is -3.49. The summed E-state index contributed by atoms with van der Waals surface area (Å²) in [6, 6.07) is 4.14. The lowest BCUT2D eigenvalue weighted by Gasteiger charge is -2.38. The zero-order valence-corrected chi connectivity index (χ0v) is 29.3. The van der Waals surface area contributed by atoms with Crippen LogP contribution in [0, 0.1) is 11.3 Å². The van der Waals surface area contributed by atoms with Gasteiger partial charge in [-0.1, -0.05) is 33.3 Å². The lowest BCUT2D eigenvalue weighted by molar-refractivity contribution is -0.139. The molecule has 1 N–H and O–H groups in total. The average Bonchev–Trinajstić information content (AvgIpc) is 3.34. The van der Waals surface area contributed by atoms with Crippen molar-refractivity contribution in [3.05, 3.63) is 35.0 Å². The molecule has 0 spiro atoms. The van der Waals surface area contributed by atoms with Crippen LogP contribution in [0.1, 0.15) is 69.7 Å². The van der Waals surface area contributed by atoms with Crippen LogP contribution in [0.15, 0.2) is 23.1 Å². The monoisotopic (exact) mass is 685 g/mol. The molecule has 1 atom stereocenters. The highest BCUT2D eigenvalue weighted by Crippen LogP contribution is 2.41. The number of likely N-dealkylation sites (tertiary alicyclic amines) is 2. The summed E-state index contributed by atoms with van der Waals surface area (Å²) in [5.41, 5.74) is 2.12. The fraction of sp³-hybridized carbons (Fsp3) is 0.727. The number of hydrogen-bond acceptors (Lipinski definition) is 7. The molecule has 0 bridgehead atoms. The number of aliphatic hydroxyl groups is 1. The predicted octanol–water partition coefficient (Wildman–Crippen LogP) is 5.58. The third kappa shape index (κ3) is 8.87. The minimum absolute atomic E-state index is 0.0970. The van der Waals surface area contributed by atoms with Crippen LogP contribution in [0.3, 0.4) is 0 Å². The van der Waals surface area contributed by atoms with Crippen molar-refractivity contribution in [2.24, 2.45) is 11.3 Å². The van der Waals surface area contributed by atoms with E-state index in [-0.39, 0.29) is 23.4 Å². The van der Waals surface area contributed by atoms with Gasteiger partial charge in [0.1, 0.15) is 0 Å². The maximum Gasteiger partial charge on any atom is 0.417 e. The van der Waals surface area contributed by atoms with Crippen molar-refractivity contribution in [3.63, 3.8) is 0 Å². The number of alkyl halides is 3. The number of benzene rings is 1. The van der Waals surface area contributed by atoms with Gasteiger partial charge in [0.05, 0.1) is 30.2 Å². The van der Waals surface area contributed by atoms with Gasteiger partial charge in [-0.15, -0.1) is 11.8 Å². The summed E-state index contributed by atoms with van der Waals surface area (Å²) in [5, 5.41) is 15.8. The number of fused-ring (bicyclic) bond motifs is 1. The second-order valence-corrected chi connectivity index (χ2v) is 17.5. The van der Waals surface area contributed by atoms with E-state index in [4.69, 9.17) is 5.10 Å². The average molecular weight is 686 g/mol. The van der Waals surface area contributed by atoms with Crippen molar-refractivity contribution in [1.82, 2.24) is 23.9 Å². The SMILES string of the molecule is CC(C)(C)C1CCN(CCSc2cc(-c3nn(C[C@@H](O)CN4CCCCC4)c4c3CN(S(C)(=O)=O)CC4)ccc2C(F)(F)F)CC1. The molecule has 258 valence electrons. The van der Waals surface area contributed by atoms with E-state index in [1.54, 1.807) is 10.7 Å². The van der Waals surface area contributed by atoms with Gasteiger partial charge in [-0.25, -0.2) is 8.42 Å². The van der Waals surface area contributed by atoms with Crippen LogP contribution in [0.4, 0.5) is 13.2 Å². The van der Waals surface area contributed by atoms with Gasteiger partial charge in [0.15, 0.2) is 0 Å². The first-order valence-corrected chi connectivity index (χ1v) is 19.4. The Morgan fingerprint density at radius 1 is 1.00 bits per heavy atom. The number of halogens is 3. The second-order valence-electron chi connectivity index (χ2n) is 14.4. The summed E-state index contributed by atoms with van der Waals surface area (Å²) >= 11 is 1.21. The van der Waals surface area contributed by atoms with Gasteiger partial charge in [-0.2, -0.15) is 22.6 Å². The molecule has 0 amide bonds. The van der Waals surface area contributed by atoms with Crippen LogP contribution in [-0.2, 0) is 35.7 Å². The van der Waals surface area contributed by atoms with Gasteiger partial charge >= 0.3 is 6.18 Å². The highest BCUT2D eigenvalue weighted by molar-refractivity contribution is 7.99. The van der Waals surface area contributed by atoms with Crippen molar-refractivity contribution in [2.45, 2.75) is 89.6 Å². The first-order chi connectivity index (χ1) is 21.6. The van der Waals surface area contributed by atoms with Crippen LogP contribution in [0.2, 0.25) is 0 Å². The Labute approximate surface area is 276 Å². The number of aromatic nitrogens is 2. The van der Waals surface area contributed by atoms with Gasteiger partial charge in [0.2, 0.25) is 10.0 Å². The number of piperidine rings is 2. The minimum atomic E-state index is -4.50. The Hall–Kier alpha value is -1.64. The summed E-state index contributed by atoms with van der Waals surface area (Å²) in [4.78, 5) is 4.75. The van der Waals surface area contributed by atoms with E-state index in [1.165, 1.54) is 34.8 Å². The number of hydrogen-bond donors (Lipinski definition) is 1. The fourth-order valence-corrected chi connectivity index (χ4v) is 9.07. The molecule has 5 rings (SSSR count). The molecule has 1 aromatic heterocycles. The third-order valence-electron chi connectivity index (χ3n) is 9.91. The van der Waals surface area contributed by atoms with E-state index in [1.807, 2.05) is 0 Å². The van der Waals surface area contributed by atoms with E-state index in [2.05, 4.69) is 30.6 Å². The van der Waals surface area contributed by atoms with Crippen LogP contribution in [0.5, 0.6) is 0 Å². The topological polar surface area (TPSA) is 81.9 Å². The molecule has 3 aliphatic rings. The molecule has 46 heavy (non-hydrogen) atoms. The van der Waals surface area contributed by atoms with E-state index in [9.17, 15) is 26.7 Å². The van der Waals surface area contributed by atoms with Gasteiger partial charge < -0.3 is 14.9 Å². The molecular formula is C33H50F3N5O3S2. The molecule has 1 aromatic carbocycles. The van der Waals surface area contributed by atoms with E-state index < -0.39 is 27.9 Å². The van der Waals surface area contributed by atoms with Crippen LogP contribution >= 0.6 is 11.8 Å². The molecule has 8 nitrogen and oxygen atoms in total. The molecule has 2 saturated heterocycles. The summed E-state index contributed by atoms with van der Waals surface area (Å²) < 4.78 is 70.6. The highest BCUT2D eigenvalue weighted by atomic mass is 32.2. The van der Waals surface area contributed by atoms with Crippen molar-refractivity contribution in [3.8, 4) is 11.3 Å². The Balaban J connectivity index is 1.38. The number of aliphatic hydroxyl groups excluding tert-OH is 1. The van der Waals surface area contributed by atoms with Crippen molar-refractivity contribution < 1.29 is 26.7 Å². The number of β-amino-alcohol motifs (C(OH)–C–C–N with tert-alkyl or cyclic N) is 1. The van der Waals surface area contributed by atoms with Crippen LogP contribution < -0.4 is 0 Å². The van der Waals surface area contributed by atoms with Crippen molar-refractivity contribution >= 4 is 21.8 Å². The molecular weight excluding hydrogens is 636 g/mol. The van der Waals surface area contributed by atoms with Gasteiger partial charge in [0.25, 0.3) is 0 Å². The first-order valence-electron chi connectivity index (χ1n) is 16.6. The zero-order valence-electron chi connectivity index (χ0n) is 27.7. The third-order valence-corrected chi connectivity index (χ3v) is 12.2. The Kier molecular flexibility index (Phi) is 11.2. The molecule has 0 radical (unpaired) electrons. The van der Waals surface area contributed by atoms with Gasteiger partial charge in [-0.05, 0) is 75.3 Å². The molecule has 4 heterocycles. The van der Waals surface area contributed by atoms with Crippen molar-refractivity contribution in [1.29, 1.82) is 0 Å². The van der Waals surface area contributed by atoms with Gasteiger partial charge in [-0.3, -0.25) is 4.68 Å². The van der Waals surface area contributed by atoms with Crippen molar-refractivity contribution in [2.75, 3.05) is 57.8 Å². The Morgan fingerprint density at radius 3 is 2.33 bits per heavy atom. The molecule has 0 unspecified atom stereocenters. The molecule has 2 fully saturated rings.